The van der Waals surface area contributed by atoms with Gasteiger partial charge in [-0.25, -0.2) is 4.79 Å². The molecule has 0 radical (unpaired) electrons. The number of ether oxygens (including phenoxy) is 1. The van der Waals surface area contributed by atoms with Crippen molar-refractivity contribution in [2.24, 2.45) is 7.05 Å². The number of carboxylic acids is 1. The number of rotatable bonds is 4. The fourth-order valence-electron chi connectivity index (χ4n) is 2.25. The number of carboxylic acid groups (broad SMARTS) is 1. The topological polar surface area (TPSA) is 64.3 Å². The van der Waals surface area contributed by atoms with Crippen molar-refractivity contribution < 1.29 is 14.6 Å². The summed E-state index contributed by atoms with van der Waals surface area (Å²) in [5.41, 5.74) is 2.60. The highest BCUT2D eigenvalue weighted by Gasteiger charge is 2.18. The molecule has 0 aliphatic carbocycles. The van der Waals surface area contributed by atoms with Crippen molar-refractivity contribution in [3.05, 3.63) is 34.5 Å². The fourth-order valence-corrected chi connectivity index (χ4v) is 2.49. The molecule has 2 rings (SSSR count). The van der Waals surface area contributed by atoms with Crippen molar-refractivity contribution in [1.82, 2.24) is 9.78 Å². The molecule has 1 aromatic heterocycles. The van der Waals surface area contributed by atoms with E-state index in [2.05, 4.69) is 18.9 Å². The molecule has 0 fully saturated rings. The van der Waals surface area contributed by atoms with Crippen LogP contribution in [0.4, 0.5) is 0 Å². The number of halogens is 1. The largest absolute Gasteiger partial charge is 0.495 e. The van der Waals surface area contributed by atoms with E-state index in [0.29, 0.717) is 16.5 Å². The van der Waals surface area contributed by atoms with Gasteiger partial charge in [0.05, 0.1) is 17.8 Å². The summed E-state index contributed by atoms with van der Waals surface area (Å²) in [6.07, 6.45) is 0. The Hall–Kier alpha value is -2.01. The van der Waals surface area contributed by atoms with Crippen LogP contribution in [0.3, 0.4) is 0 Å². The van der Waals surface area contributed by atoms with E-state index in [-0.39, 0.29) is 11.6 Å². The molecule has 0 aliphatic heterocycles. The number of carbonyl (C=O) groups is 1. The van der Waals surface area contributed by atoms with Crippen LogP contribution in [0.2, 0.25) is 5.02 Å². The molecule has 0 saturated heterocycles. The first-order valence-corrected chi connectivity index (χ1v) is 6.88. The van der Waals surface area contributed by atoms with Gasteiger partial charge in [-0.2, -0.15) is 5.10 Å². The van der Waals surface area contributed by atoms with Gasteiger partial charge in [0.25, 0.3) is 0 Å². The van der Waals surface area contributed by atoms with Gasteiger partial charge < -0.3 is 9.84 Å². The molecular formula is C15H17ClN2O3. The molecule has 112 valence electrons. The highest BCUT2D eigenvalue weighted by molar-refractivity contribution is 6.32. The van der Waals surface area contributed by atoms with Crippen LogP contribution in [0.25, 0.3) is 11.3 Å². The molecule has 1 heterocycles. The monoisotopic (exact) mass is 308 g/mol. The van der Waals surface area contributed by atoms with E-state index >= 15 is 0 Å². The van der Waals surface area contributed by atoms with Gasteiger partial charge in [-0.3, -0.25) is 4.68 Å². The van der Waals surface area contributed by atoms with Crippen molar-refractivity contribution >= 4 is 17.6 Å². The van der Waals surface area contributed by atoms with Crippen molar-refractivity contribution in [1.29, 1.82) is 0 Å². The maximum atomic E-state index is 11.1. The van der Waals surface area contributed by atoms with E-state index in [1.165, 1.54) is 0 Å². The average molecular weight is 309 g/mol. The maximum absolute atomic E-state index is 11.1. The van der Waals surface area contributed by atoms with Gasteiger partial charge >= 0.3 is 5.97 Å². The van der Waals surface area contributed by atoms with E-state index in [4.69, 9.17) is 21.4 Å². The zero-order valence-electron chi connectivity index (χ0n) is 12.3. The standard InChI is InChI=1S/C15H17ClN2O3/c1-8(2)9-6-14(21-4)11(16)5-10(9)13-7-12(15(19)20)17-18(13)3/h5-8H,1-4H3,(H,19,20). The number of hydrogen-bond acceptors (Lipinski definition) is 3. The predicted octanol–water partition coefficient (Wildman–Crippen LogP) is 3.57. The first-order chi connectivity index (χ1) is 9.85. The van der Waals surface area contributed by atoms with E-state index in [1.807, 2.05) is 6.07 Å². The maximum Gasteiger partial charge on any atom is 0.356 e. The molecule has 21 heavy (non-hydrogen) atoms. The smallest absolute Gasteiger partial charge is 0.356 e. The number of nitrogens with zero attached hydrogens (tertiary/aromatic N) is 2. The Morgan fingerprint density at radius 1 is 1.38 bits per heavy atom. The third kappa shape index (κ3) is 2.88. The van der Waals surface area contributed by atoms with Crippen LogP contribution in [0, 0.1) is 0 Å². The van der Waals surface area contributed by atoms with Gasteiger partial charge in [0, 0.05) is 12.6 Å². The van der Waals surface area contributed by atoms with Crippen LogP contribution in [-0.4, -0.2) is 28.0 Å². The zero-order chi connectivity index (χ0) is 15.7. The summed E-state index contributed by atoms with van der Waals surface area (Å²) in [5, 5.41) is 13.5. The quantitative estimate of drug-likeness (QED) is 0.937. The second-order valence-corrected chi connectivity index (χ2v) is 5.48. The van der Waals surface area contributed by atoms with Crippen LogP contribution in [0.1, 0.15) is 35.8 Å². The van der Waals surface area contributed by atoms with Crippen molar-refractivity contribution in [3.8, 4) is 17.0 Å². The Bertz CT molecular complexity index is 692. The van der Waals surface area contributed by atoms with Crippen LogP contribution in [-0.2, 0) is 7.05 Å². The lowest BCUT2D eigenvalue weighted by Gasteiger charge is -2.16. The van der Waals surface area contributed by atoms with Gasteiger partial charge in [0.15, 0.2) is 5.69 Å². The van der Waals surface area contributed by atoms with Crippen molar-refractivity contribution in [3.63, 3.8) is 0 Å². The molecule has 0 amide bonds. The minimum Gasteiger partial charge on any atom is -0.495 e. The molecular weight excluding hydrogens is 292 g/mol. The predicted molar refractivity (Wildman–Crippen MR) is 81.3 cm³/mol. The highest BCUT2D eigenvalue weighted by atomic mass is 35.5. The first kappa shape index (κ1) is 15.4. The lowest BCUT2D eigenvalue weighted by Crippen LogP contribution is -2.01. The third-order valence-corrected chi connectivity index (χ3v) is 3.62. The van der Waals surface area contributed by atoms with Crippen molar-refractivity contribution in [2.45, 2.75) is 19.8 Å². The highest BCUT2D eigenvalue weighted by Crippen LogP contribution is 2.37. The molecule has 0 spiro atoms. The van der Waals surface area contributed by atoms with E-state index in [1.54, 1.807) is 31.0 Å². The number of hydrogen-bond donors (Lipinski definition) is 1. The summed E-state index contributed by atoms with van der Waals surface area (Å²) in [6.45, 7) is 4.11. The molecule has 2 aromatic rings. The summed E-state index contributed by atoms with van der Waals surface area (Å²) < 4.78 is 6.80. The minimum absolute atomic E-state index is 0.00847. The molecule has 0 saturated carbocycles. The Kier molecular flexibility index (Phi) is 4.23. The molecule has 5 nitrogen and oxygen atoms in total. The Balaban J connectivity index is 2.67. The SMILES string of the molecule is COc1cc(C(C)C)c(-c2cc(C(=O)O)nn2C)cc1Cl. The third-order valence-electron chi connectivity index (χ3n) is 3.32. The zero-order valence-corrected chi connectivity index (χ0v) is 13.1. The summed E-state index contributed by atoms with van der Waals surface area (Å²) in [7, 11) is 3.28. The van der Waals surface area contributed by atoms with Gasteiger partial charge in [0.1, 0.15) is 5.75 Å². The van der Waals surface area contributed by atoms with Crippen LogP contribution in [0.5, 0.6) is 5.75 Å². The summed E-state index contributed by atoms with van der Waals surface area (Å²) >= 11 is 6.21. The summed E-state index contributed by atoms with van der Waals surface area (Å²) in [4.78, 5) is 11.1. The summed E-state index contributed by atoms with van der Waals surface area (Å²) in [5.74, 6) is -0.221. The van der Waals surface area contributed by atoms with E-state index in [0.717, 1.165) is 11.1 Å². The number of methoxy groups -OCH3 is 1. The number of aromatic carboxylic acids is 1. The molecule has 1 N–H and O–H groups in total. The molecule has 6 heteroatoms. The van der Waals surface area contributed by atoms with Gasteiger partial charge in [-0.15, -0.1) is 0 Å². The lowest BCUT2D eigenvalue weighted by molar-refractivity contribution is 0.0689. The van der Waals surface area contributed by atoms with Crippen LogP contribution in [0.15, 0.2) is 18.2 Å². The van der Waals surface area contributed by atoms with Gasteiger partial charge in [-0.05, 0) is 29.7 Å². The van der Waals surface area contributed by atoms with Crippen LogP contribution >= 0.6 is 11.6 Å². The fraction of sp³-hybridized carbons (Fsp3) is 0.333. The number of aryl methyl sites for hydroxylation is 1. The van der Waals surface area contributed by atoms with E-state index < -0.39 is 5.97 Å². The van der Waals surface area contributed by atoms with Gasteiger partial charge in [-0.1, -0.05) is 25.4 Å². The number of benzene rings is 1. The summed E-state index contributed by atoms with van der Waals surface area (Å²) in [6, 6.07) is 5.22. The van der Waals surface area contributed by atoms with Crippen LogP contribution < -0.4 is 4.74 Å². The second kappa shape index (κ2) is 5.77. The Morgan fingerprint density at radius 3 is 2.52 bits per heavy atom. The molecule has 1 aromatic carbocycles. The Labute approximate surface area is 128 Å². The molecule has 0 bridgehead atoms. The molecule has 0 aliphatic rings. The van der Waals surface area contributed by atoms with Crippen molar-refractivity contribution in [2.75, 3.05) is 7.11 Å². The minimum atomic E-state index is -1.05. The average Bonchev–Trinajstić information content (AvgIpc) is 2.80. The number of aromatic nitrogens is 2. The molecule has 0 atom stereocenters. The Morgan fingerprint density at radius 2 is 2.05 bits per heavy atom. The van der Waals surface area contributed by atoms with E-state index in [9.17, 15) is 4.79 Å². The second-order valence-electron chi connectivity index (χ2n) is 5.07. The molecule has 0 unspecified atom stereocenters. The lowest BCUT2D eigenvalue weighted by atomic mass is 9.94. The normalized spacial score (nSPS) is 11.0. The first-order valence-electron chi connectivity index (χ1n) is 6.50. The van der Waals surface area contributed by atoms with Gasteiger partial charge in [0.2, 0.25) is 0 Å².